The van der Waals surface area contributed by atoms with Crippen molar-refractivity contribution in [3.05, 3.63) is 12.2 Å². The van der Waals surface area contributed by atoms with Crippen LogP contribution in [-0.4, -0.2) is 30.0 Å². The van der Waals surface area contributed by atoms with E-state index in [0.29, 0.717) is 19.1 Å². The fraction of sp³-hybridized carbons (Fsp3) is 0.917. The molecular weight excluding hydrogens is 334 g/mol. The first-order valence-corrected chi connectivity index (χ1v) is 11.9. The molecule has 0 amide bonds. The first-order chi connectivity index (χ1) is 13.3. The SMILES string of the molecule is NCCCCCCCC/C=C\CCCCCCCC(CCCO)CCCO. The topological polar surface area (TPSA) is 66.5 Å². The average Bonchev–Trinajstić information content (AvgIpc) is 2.69. The van der Waals surface area contributed by atoms with Crippen molar-refractivity contribution in [3.8, 4) is 0 Å². The second-order valence-electron chi connectivity index (χ2n) is 8.11. The van der Waals surface area contributed by atoms with E-state index < -0.39 is 0 Å². The predicted molar refractivity (Wildman–Crippen MR) is 119 cm³/mol. The monoisotopic (exact) mass is 383 g/mol. The van der Waals surface area contributed by atoms with Crippen LogP contribution in [0, 0.1) is 5.92 Å². The quantitative estimate of drug-likeness (QED) is 0.156. The minimum atomic E-state index is 0.304. The van der Waals surface area contributed by atoms with Crippen LogP contribution in [0.4, 0.5) is 0 Å². The summed E-state index contributed by atoms with van der Waals surface area (Å²) in [6.07, 6.45) is 27.2. The standard InChI is InChI=1S/C24H49NO2/c25-21-15-13-11-9-7-5-3-1-2-4-6-8-10-12-14-18-24(19-16-22-26)20-17-23-27/h1-2,24,26-27H,3-23,25H2/b2-1-. The van der Waals surface area contributed by atoms with E-state index in [1.54, 1.807) is 0 Å². The zero-order chi connectivity index (χ0) is 19.8. The molecule has 0 bridgehead atoms. The van der Waals surface area contributed by atoms with Gasteiger partial charge in [0, 0.05) is 13.2 Å². The highest BCUT2D eigenvalue weighted by Gasteiger charge is 2.07. The summed E-state index contributed by atoms with van der Waals surface area (Å²) in [6.45, 7) is 1.45. The van der Waals surface area contributed by atoms with Gasteiger partial charge in [0.1, 0.15) is 0 Å². The molecule has 0 radical (unpaired) electrons. The van der Waals surface area contributed by atoms with Crippen molar-refractivity contribution < 1.29 is 10.2 Å². The fourth-order valence-electron chi connectivity index (χ4n) is 3.77. The van der Waals surface area contributed by atoms with Crippen molar-refractivity contribution in [2.24, 2.45) is 11.7 Å². The Balaban J connectivity index is 3.35. The molecule has 0 saturated carbocycles. The first-order valence-electron chi connectivity index (χ1n) is 11.9. The molecular formula is C24H49NO2. The highest BCUT2D eigenvalue weighted by atomic mass is 16.3. The summed E-state index contributed by atoms with van der Waals surface area (Å²) in [5.74, 6) is 0.702. The summed E-state index contributed by atoms with van der Waals surface area (Å²) in [4.78, 5) is 0. The van der Waals surface area contributed by atoms with Crippen molar-refractivity contribution in [1.29, 1.82) is 0 Å². The van der Waals surface area contributed by atoms with Gasteiger partial charge in [0.2, 0.25) is 0 Å². The van der Waals surface area contributed by atoms with E-state index in [0.717, 1.165) is 32.2 Å². The Kier molecular flexibility index (Phi) is 23.3. The van der Waals surface area contributed by atoms with Gasteiger partial charge in [-0.05, 0) is 70.3 Å². The van der Waals surface area contributed by atoms with Crippen LogP contribution in [0.25, 0.3) is 0 Å². The molecule has 0 fully saturated rings. The maximum atomic E-state index is 8.99. The lowest BCUT2D eigenvalue weighted by molar-refractivity contribution is 0.243. The van der Waals surface area contributed by atoms with E-state index >= 15 is 0 Å². The molecule has 0 aliphatic carbocycles. The number of aliphatic hydroxyl groups excluding tert-OH is 2. The van der Waals surface area contributed by atoms with Crippen LogP contribution >= 0.6 is 0 Å². The third kappa shape index (κ3) is 21.8. The molecule has 0 unspecified atom stereocenters. The van der Waals surface area contributed by atoms with Crippen LogP contribution in [0.2, 0.25) is 0 Å². The molecule has 0 aliphatic rings. The van der Waals surface area contributed by atoms with Crippen molar-refractivity contribution >= 4 is 0 Å². The van der Waals surface area contributed by atoms with Gasteiger partial charge in [-0.3, -0.25) is 0 Å². The summed E-state index contributed by atoms with van der Waals surface area (Å²) < 4.78 is 0. The molecule has 0 rings (SSSR count). The van der Waals surface area contributed by atoms with Gasteiger partial charge in [-0.2, -0.15) is 0 Å². The van der Waals surface area contributed by atoms with Crippen LogP contribution in [0.5, 0.6) is 0 Å². The predicted octanol–water partition coefficient (Wildman–Crippen LogP) is 6.12. The number of rotatable bonds is 22. The van der Waals surface area contributed by atoms with Gasteiger partial charge in [-0.15, -0.1) is 0 Å². The molecule has 0 saturated heterocycles. The third-order valence-electron chi connectivity index (χ3n) is 5.52. The van der Waals surface area contributed by atoms with Gasteiger partial charge < -0.3 is 15.9 Å². The van der Waals surface area contributed by atoms with Gasteiger partial charge in [0.25, 0.3) is 0 Å². The van der Waals surface area contributed by atoms with Crippen LogP contribution in [0.1, 0.15) is 116 Å². The zero-order valence-electron chi connectivity index (χ0n) is 18.1. The lowest BCUT2D eigenvalue weighted by atomic mass is 9.91. The summed E-state index contributed by atoms with van der Waals surface area (Å²) >= 11 is 0. The largest absolute Gasteiger partial charge is 0.396 e. The summed E-state index contributed by atoms with van der Waals surface area (Å²) in [6, 6.07) is 0. The van der Waals surface area contributed by atoms with E-state index in [2.05, 4.69) is 12.2 Å². The number of hydrogen-bond acceptors (Lipinski definition) is 3. The maximum Gasteiger partial charge on any atom is 0.0431 e. The smallest absolute Gasteiger partial charge is 0.0431 e. The second kappa shape index (κ2) is 23.7. The molecule has 0 aliphatic heterocycles. The zero-order valence-corrected chi connectivity index (χ0v) is 18.1. The van der Waals surface area contributed by atoms with Crippen molar-refractivity contribution in [3.63, 3.8) is 0 Å². The number of aliphatic hydroxyl groups is 2. The molecule has 0 aromatic heterocycles. The molecule has 4 N–H and O–H groups in total. The van der Waals surface area contributed by atoms with Gasteiger partial charge in [0.05, 0.1) is 0 Å². The van der Waals surface area contributed by atoms with Crippen molar-refractivity contribution in [2.45, 2.75) is 116 Å². The molecule has 3 nitrogen and oxygen atoms in total. The highest BCUT2D eigenvalue weighted by Crippen LogP contribution is 2.21. The number of allylic oxidation sites excluding steroid dienone is 2. The van der Waals surface area contributed by atoms with Crippen LogP contribution in [0.15, 0.2) is 12.2 Å². The van der Waals surface area contributed by atoms with E-state index in [1.165, 1.54) is 89.9 Å². The molecule has 0 heterocycles. The Labute approximate surface area is 169 Å². The summed E-state index contributed by atoms with van der Waals surface area (Å²) in [7, 11) is 0. The molecule has 0 aromatic rings. The second-order valence-corrected chi connectivity index (χ2v) is 8.11. The molecule has 0 aromatic carbocycles. The Morgan fingerprint density at radius 3 is 1.41 bits per heavy atom. The number of hydrogen-bond donors (Lipinski definition) is 3. The first kappa shape index (κ1) is 26.6. The Morgan fingerprint density at radius 1 is 0.519 bits per heavy atom. The van der Waals surface area contributed by atoms with E-state index in [9.17, 15) is 0 Å². The summed E-state index contributed by atoms with van der Waals surface area (Å²) in [5.41, 5.74) is 5.50. The summed E-state index contributed by atoms with van der Waals surface area (Å²) in [5, 5.41) is 18.0. The Bertz CT molecular complexity index is 286. The van der Waals surface area contributed by atoms with Crippen LogP contribution in [-0.2, 0) is 0 Å². The fourth-order valence-corrected chi connectivity index (χ4v) is 3.77. The van der Waals surface area contributed by atoms with Gasteiger partial charge >= 0.3 is 0 Å². The number of nitrogens with two attached hydrogens (primary N) is 1. The molecule has 0 spiro atoms. The van der Waals surface area contributed by atoms with Crippen LogP contribution in [0.3, 0.4) is 0 Å². The van der Waals surface area contributed by atoms with E-state index in [4.69, 9.17) is 15.9 Å². The minimum absolute atomic E-state index is 0.304. The lowest BCUT2D eigenvalue weighted by Gasteiger charge is -2.15. The van der Waals surface area contributed by atoms with Gasteiger partial charge in [-0.25, -0.2) is 0 Å². The van der Waals surface area contributed by atoms with E-state index in [-0.39, 0.29) is 0 Å². The van der Waals surface area contributed by atoms with E-state index in [1.807, 2.05) is 0 Å². The molecule has 27 heavy (non-hydrogen) atoms. The van der Waals surface area contributed by atoms with Crippen molar-refractivity contribution in [2.75, 3.05) is 19.8 Å². The molecule has 162 valence electrons. The normalized spacial score (nSPS) is 11.9. The minimum Gasteiger partial charge on any atom is -0.396 e. The third-order valence-corrected chi connectivity index (χ3v) is 5.52. The Morgan fingerprint density at radius 2 is 0.926 bits per heavy atom. The Hall–Kier alpha value is -0.380. The highest BCUT2D eigenvalue weighted by molar-refractivity contribution is 4.81. The lowest BCUT2D eigenvalue weighted by Crippen LogP contribution is -2.03. The number of unbranched alkanes of at least 4 members (excludes halogenated alkanes) is 11. The van der Waals surface area contributed by atoms with Crippen LogP contribution < -0.4 is 5.73 Å². The van der Waals surface area contributed by atoms with Gasteiger partial charge in [0.15, 0.2) is 0 Å². The van der Waals surface area contributed by atoms with Crippen molar-refractivity contribution in [1.82, 2.24) is 0 Å². The molecule has 0 atom stereocenters. The molecule has 3 heteroatoms. The average molecular weight is 384 g/mol. The van der Waals surface area contributed by atoms with Gasteiger partial charge in [-0.1, -0.05) is 69.9 Å². The maximum absolute atomic E-state index is 8.99.